The number of amides is 1. The number of hydrogen-bond donors (Lipinski definition) is 1. The maximum absolute atomic E-state index is 12.5. The summed E-state index contributed by atoms with van der Waals surface area (Å²) in [6, 6.07) is 12.0. The van der Waals surface area contributed by atoms with Crippen LogP contribution < -0.4 is 10.1 Å². The van der Waals surface area contributed by atoms with Crippen molar-refractivity contribution in [3.8, 4) is 5.75 Å². The van der Waals surface area contributed by atoms with Crippen LogP contribution in [0.15, 0.2) is 48.7 Å². The van der Waals surface area contributed by atoms with E-state index in [-0.39, 0.29) is 24.0 Å². The van der Waals surface area contributed by atoms with Gasteiger partial charge in [-0.15, -0.1) is 0 Å². The number of aromatic nitrogens is 2. The fourth-order valence-electron chi connectivity index (χ4n) is 2.38. The van der Waals surface area contributed by atoms with E-state index in [0.29, 0.717) is 17.0 Å². The third-order valence-corrected chi connectivity index (χ3v) is 3.58. The Morgan fingerprint density at radius 3 is 2.60 bits per heavy atom. The monoisotopic (exact) mass is 339 g/mol. The summed E-state index contributed by atoms with van der Waals surface area (Å²) in [4.78, 5) is 29.0. The Hall–Kier alpha value is -3.35. The summed E-state index contributed by atoms with van der Waals surface area (Å²) >= 11 is 0. The van der Waals surface area contributed by atoms with E-state index in [9.17, 15) is 9.59 Å². The summed E-state index contributed by atoms with van der Waals surface area (Å²) in [5, 5.41) is 2.75. The molecule has 0 saturated carbocycles. The van der Waals surface area contributed by atoms with Gasteiger partial charge < -0.3 is 14.8 Å². The van der Waals surface area contributed by atoms with E-state index in [4.69, 9.17) is 9.47 Å². The molecule has 1 aromatic carbocycles. The zero-order valence-electron chi connectivity index (χ0n) is 13.9. The van der Waals surface area contributed by atoms with E-state index in [1.54, 1.807) is 67.1 Å². The Kier molecular flexibility index (Phi) is 4.65. The summed E-state index contributed by atoms with van der Waals surface area (Å²) in [6.07, 6.45) is 1.72. The number of esters is 1. The molecular formula is C18H17N3O4. The number of carbonyl (C=O) groups is 2. The lowest BCUT2D eigenvalue weighted by Gasteiger charge is -2.08. The van der Waals surface area contributed by atoms with E-state index in [2.05, 4.69) is 10.3 Å². The number of imidazole rings is 1. The van der Waals surface area contributed by atoms with Gasteiger partial charge in [-0.25, -0.2) is 9.78 Å². The minimum Gasteiger partial charge on any atom is -0.497 e. The van der Waals surface area contributed by atoms with Crippen molar-refractivity contribution in [1.29, 1.82) is 0 Å². The lowest BCUT2D eigenvalue weighted by atomic mass is 10.2. The maximum atomic E-state index is 12.5. The van der Waals surface area contributed by atoms with Crippen molar-refractivity contribution >= 4 is 23.3 Å². The van der Waals surface area contributed by atoms with Gasteiger partial charge in [0.25, 0.3) is 5.91 Å². The normalized spacial score (nSPS) is 10.5. The molecule has 0 fully saturated rings. The van der Waals surface area contributed by atoms with Crippen LogP contribution in [0.4, 0.5) is 5.82 Å². The molecule has 1 amide bonds. The summed E-state index contributed by atoms with van der Waals surface area (Å²) in [5.74, 6) is -0.0245. The van der Waals surface area contributed by atoms with E-state index >= 15 is 0 Å². The highest BCUT2D eigenvalue weighted by molar-refractivity contribution is 6.07. The first kappa shape index (κ1) is 16.5. The van der Waals surface area contributed by atoms with Gasteiger partial charge in [0, 0.05) is 11.8 Å². The molecule has 0 atom stereocenters. The highest BCUT2D eigenvalue weighted by Crippen LogP contribution is 2.21. The Morgan fingerprint density at radius 2 is 1.92 bits per heavy atom. The fourth-order valence-corrected chi connectivity index (χ4v) is 2.38. The smallest absolute Gasteiger partial charge is 0.360 e. The van der Waals surface area contributed by atoms with Crippen LogP contribution in [0.25, 0.3) is 5.65 Å². The van der Waals surface area contributed by atoms with E-state index in [1.165, 1.54) is 0 Å². The molecule has 7 heteroatoms. The molecule has 0 aliphatic carbocycles. The Bertz CT molecular complexity index is 916. The van der Waals surface area contributed by atoms with E-state index in [0.717, 1.165) is 0 Å². The lowest BCUT2D eigenvalue weighted by Crippen LogP contribution is -2.17. The molecule has 2 aromatic heterocycles. The summed E-state index contributed by atoms with van der Waals surface area (Å²) in [5.41, 5.74) is 1.03. The molecule has 128 valence electrons. The van der Waals surface area contributed by atoms with Crippen LogP contribution in [0, 0.1) is 0 Å². The topological polar surface area (TPSA) is 81.9 Å². The van der Waals surface area contributed by atoms with Gasteiger partial charge in [-0.3, -0.25) is 9.20 Å². The second-order valence-electron chi connectivity index (χ2n) is 5.14. The molecule has 0 saturated heterocycles. The summed E-state index contributed by atoms with van der Waals surface area (Å²) < 4.78 is 11.7. The number of hydrogen-bond acceptors (Lipinski definition) is 5. The predicted octanol–water partition coefficient (Wildman–Crippen LogP) is 2.77. The third kappa shape index (κ3) is 3.30. The number of benzene rings is 1. The first-order chi connectivity index (χ1) is 12.1. The number of ether oxygens (including phenoxy) is 2. The largest absolute Gasteiger partial charge is 0.497 e. The third-order valence-electron chi connectivity index (χ3n) is 3.58. The first-order valence-corrected chi connectivity index (χ1v) is 7.73. The van der Waals surface area contributed by atoms with Crippen molar-refractivity contribution in [3.05, 3.63) is 59.9 Å². The van der Waals surface area contributed by atoms with Gasteiger partial charge in [-0.2, -0.15) is 0 Å². The van der Waals surface area contributed by atoms with Crippen molar-refractivity contribution in [1.82, 2.24) is 9.38 Å². The average molecular weight is 339 g/mol. The number of methoxy groups -OCH3 is 1. The number of carbonyl (C=O) groups excluding carboxylic acids is 2. The van der Waals surface area contributed by atoms with E-state index in [1.807, 2.05) is 0 Å². The number of rotatable bonds is 5. The van der Waals surface area contributed by atoms with Gasteiger partial charge in [0.15, 0.2) is 11.5 Å². The summed E-state index contributed by atoms with van der Waals surface area (Å²) in [6.45, 7) is 1.93. The van der Waals surface area contributed by atoms with Crippen molar-refractivity contribution in [2.75, 3.05) is 19.0 Å². The van der Waals surface area contributed by atoms with Crippen LogP contribution >= 0.6 is 0 Å². The minimum atomic E-state index is -0.587. The van der Waals surface area contributed by atoms with Gasteiger partial charge in [-0.05, 0) is 43.3 Å². The molecular weight excluding hydrogens is 322 g/mol. The van der Waals surface area contributed by atoms with Crippen LogP contribution in [0.1, 0.15) is 27.8 Å². The fraction of sp³-hybridized carbons (Fsp3) is 0.167. The zero-order chi connectivity index (χ0) is 17.8. The summed E-state index contributed by atoms with van der Waals surface area (Å²) in [7, 11) is 1.55. The van der Waals surface area contributed by atoms with Crippen molar-refractivity contribution in [2.24, 2.45) is 0 Å². The van der Waals surface area contributed by atoms with Crippen LogP contribution in [-0.4, -0.2) is 35.0 Å². The second kappa shape index (κ2) is 7.04. The van der Waals surface area contributed by atoms with Crippen molar-refractivity contribution < 1.29 is 19.1 Å². The Balaban J connectivity index is 1.97. The number of nitrogens with one attached hydrogen (secondary N) is 1. The SMILES string of the molecule is CCOC(=O)c1nc2ccccn2c1NC(=O)c1ccc(OC)cc1. The standard InChI is InChI=1S/C18H17N3O4/c1-3-25-18(23)15-16(21-11-5-4-6-14(21)19-15)20-17(22)12-7-9-13(24-2)10-8-12/h4-11H,3H2,1-2H3,(H,20,22). The van der Waals surface area contributed by atoms with Gasteiger partial charge in [0.05, 0.1) is 13.7 Å². The number of nitrogens with zero attached hydrogens (tertiary/aromatic N) is 2. The van der Waals surface area contributed by atoms with Crippen LogP contribution in [0.2, 0.25) is 0 Å². The quantitative estimate of drug-likeness (QED) is 0.723. The van der Waals surface area contributed by atoms with Crippen LogP contribution in [0.3, 0.4) is 0 Å². The number of pyridine rings is 1. The molecule has 3 rings (SSSR count). The molecule has 7 nitrogen and oxygen atoms in total. The molecule has 25 heavy (non-hydrogen) atoms. The highest BCUT2D eigenvalue weighted by atomic mass is 16.5. The van der Waals surface area contributed by atoms with Crippen LogP contribution in [0.5, 0.6) is 5.75 Å². The Labute approximate surface area is 144 Å². The van der Waals surface area contributed by atoms with Gasteiger partial charge >= 0.3 is 5.97 Å². The van der Waals surface area contributed by atoms with E-state index < -0.39 is 5.97 Å². The van der Waals surface area contributed by atoms with Gasteiger partial charge in [0.1, 0.15) is 11.4 Å². The molecule has 0 unspecified atom stereocenters. The lowest BCUT2D eigenvalue weighted by molar-refractivity contribution is 0.0521. The minimum absolute atomic E-state index is 0.0647. The molecule has 2 heterocycles. The number of fused-ring (bicyclic) bond motifs is 1. The Morgan fingerprint density at radius 1 is 1.16 bits per heavy atom. The van der Waals surface area contributed by atoms with Gasteiger partial charge in [0.2, 0.25) is 0 Å². The second-order valence-corrected chi connectivity index (χ2v) is 5.14. The number of anilines is 1. The molecule has 0 aliphatic heterocycles. The van der Waals surface area contributed by atoms with Crippen molar-refractivity contribution in [3.63, 3.8) is 0 Å². The average Bonchev–Trinajstić information content (AvgIpc) is 3.01. The molecule has 0 aliphatic rings. The highest BCUT2D eigenvalue weighted by Gasteiger charge is 2.22. The predicted molar refractivity (Wildman–Crippen MR) is 92.1 cm³/mol. The molecule has 0 spiro atoms. The van der Waals surface area contributed by atoms with Crippen molar-refractivity contribution in [2.45, 2.75) is 6.92 Å². The van der Waals surface area contributed by atoms with Gasteiger partial charge in [-0.1, -0.05) is 6.07 Å². The first-order valence-electron chi connectivity index (χ1n) is 7.73. The molecule has 0 bridgehead atoms. The molecule has 0 radical (unpaired) electrons. The zero-order valence-corrected chi connectivity index (χ0v) is 13.9. The molecule has 3 aromatic rings. The van der Waals surface area contributed by atoms with Crippen LogP contribution in [-0.2, 0) is 4.74 Å². The molecule has 1 N–H and O–H groups in total. The maximum Gasteiger partial charge on any atom is 0.360 e.